The number of hydrogen-bond donors (Lipinski definition) is 2. The van der Waals surface area contributed by atoms with Gasteiger partial charge in [-0.3, -0.25) is 4.68 Å². The van der Waals surface area contributed by atoms with Gasteiger partial charge in [-0.2, -0.15) is 15.4 Å². The zero-order valence-corrected chi connectivity index (χ0v) is 19.7. The number of anilines is 1. The number of pyridine rings is 1. The maximum absolute atomic E-state index is 14.3. The van der Waals surface area contributed by atoms with Crippen molar-refractivity contribution < 1.29 is 9.13 Å². The van der Waals surface area contributed by atoms with Crippen LogP contribution in [0.1, 0.15) is 53.0 Å². The summed E-state index contributed by atoms with van der Waals surface area (Å²) in [5.41, 5.74) is 12.5. The van der Waals surface area contributed by atoms with E-state index in [9.17, 15) is 4.39 Å². The lowest BCUT2D eigenvalue weighted by Gasteiger charge is -2.17. The van der Waals surface area contributed by atoms with Crippen LogP contribution < -0.4 is 10.5 Å². The molecule has 2 aromatic carbocycles. The van der Waals surface area contributed by atoms with Crippen LogP contribution in [0.15, 0.2) is 60.9 Å². The number of aryl methyl sites for hydroxylation is 1. The van der Waals surface area contributed by atoms with E-state index in [1.165, 1.54) is 6.07 Å². The molecule has 0 fully saturated rings. The van der Waals surface area contributed by atoms with E-state index in [0.717, 1.165) is 53.5 Å². The molecule has 0 spiro atoms. The number of rotatable bonds is 1. The highest BCUT2D eigenvalue weighted by Crippen LogP contribution is 2.34. The maximum Gasteiger partial charge on any atom is 0.203 e. The monoisotopic (exact) mass is 483 g/mol. The van der Waals surface area contributed by atoms with Crippen LogP contribution in [0.4, 0.5) is 10.2 Å². The number of nitrogen functional groups attached to an aromatic ring is 1. The predicted octanol–water partition coefficient (Wildman–Crippen LogP) is 4.76. The standard InChI is InChI=1S/C27H26FN7O/c28-21-9-17-4-1-2-7-23(24-12-25(29)31-27-26(24)32-34-33-27)20-13-30-35(15-20)14-18-5-3-6-19(8-18)16-36-22(10-17)11-21/h3,5-6,8-13,15,23H,1-2,4,7,14,16H2,(H3,29,31,32,33,34). The Labute approximate surface area is 207 Å². The summed E-state index contributed by atoms with van der Waals surface area (Å²) in [7, 11) is 0. The molecule has 1 aliphatic heterocycles. The van der Waals surface area contributed by atoms with Crippen LogP contribution in [0, 0.1) is 5.82 Å². The van der Waals surface area contributed by atoms with Gasteiger partial charge in [0.25, 0.3) is 0 Å². The van der Waals surface area contributed by atoms with Crippen LogP contribution in [0.3, 0.4) is 0 Å². The molecule has 0 amide bonds. The minimum atomic E-state index is -0.279. The largest absolute Gasteiger partial charge is 0.489 e. The highest BCUT2D eigenvalue weighted by molar-refractivity contribution is 5.77. The molecule has 0 aliphatic carbocycles. The Bertz CT molecular complexity index is 1530. The van der Waals surface area contributed by atoms with Crippen molar-refractivity contribution in [3.8, 4) is 5.75 Å². The van der Waals surface area contributed by atoms with E-state index in [1.54, 1.807) is 6.07 Å². The maximum atomic E-state index is 14.3. The normalized spacial score (nSPS) is 16.4. The van der Waals surface area contributed by atoms with Crippen molar-refractivity contribution in [3.63, 3.8) is 0 Å². The summed E-state index contributed by atoms with van der Waals surface area (Å²) in [4.78, 5) is 4.30. The summed E-state index contributed by atoms with van der Waals surface area (Å²) in [6.45, 7) is 1.00. The molecule has 6 bridgehead atoms. The number of halogens is 1. The number of hydrogen-bond acceptors (Lipinski definition) is 6. The molecule has 1 atom stereocenters. The molecule has 3 aromatic heterocycles. The third-order valence-electron chi connectivity index (χ3n) is 6.65. The van der Waals surface area contributed by atoms with Gasteiger partial charge in [0.1, 0.15) is 29.5 Å². The number of H-pyrrole nitrogens is 1. The predicted molar refractivity (Wildman–Crippen MR) is 134 cm³/mol. The van der Waals surface area contributed by atoms with Gasteiger partial charge in [-0.1, -0.05) is 30.7 Å². The van der Waals surface area contributed by atoms with Gasteiger partial charge in [-0.15, -0.1) is 5.10 Å². The molecule has 9 heteroatoms. The molecule has 0 saturated heterocycles. The van der Waals surface area contributed by atoms with Crippen molar-refractivity contribution in [1.82, 2.24) is 30.2 Å². The van der Waals surface area contributed by atoms with E-state index in [4.69, 9.17) is 10.5 Å². The van der Waals surface area contributed by atoms with Crippen molar-refractivity contribution >= 4 is 17.0 Å². The second kappa shape index (κ2) is 9.41. The van der Waals surface area contributed by atoms with Gasteiger partial charge in [0.2, 0.25) is 5.65 Å². The Balaban J connectivity index is 1.39. The fraction of sp³-hybridized carbons (Fsp3) is 0.259. The van der Waals surface area contributed by atoms with Crippen LogP contribution in [-0.2, 0) is 19.6 Å². The molecular formula is C27H26FN7O. The topological polar surface area (TPSA) is 108 Å². The Morgan fingerprint density at radius 1 is 1.03 bits per heavy atom. The van der Waals surface area contributed by atoms with Crippen LogP contribution in [-0.4, -0.2) is 30.2 Å². The summed E-state index contributed by atoms with van der Waals surface area (Å²) >= 11 is 0. The molecule has 8 nitrogen and oxygen atoms in total. The molecule has 1 aliphatic rings. The molecule has 182 valence electrons. The Kier molecular flexibility index (Phi) is 5.80. The molecule has 3 N–H and O–H groups in total. The lowest BCUT2D eigenvalue weighted by molar-refractivity contribution is 0.304. The van der Waals surface area contributed by atoms with Gasteiger partial charge >= 0.3 is 0 Å². The van der Waals surface area contributed by atoms with Crippen molar-refractivity contribution in [1.29, 1.82) is 0 Å². The SMILES string of the molecule is Nc1cc(C2CCCCc3cc(F)cc(c3)OCc3cccc(c3)Cn3cc2cn3)c2n[nH]nc2n1. The zero-order chi connectivity index (χ0) is 24.5. The molecular weight excluding hydrogens is 457 g/mol. The van der Waals surface area contributed by atoms with Crippen LogP contribution in [0.2, 0.25) is 0 Å². The summed E-state index contributed by atoms with van der Waals surface area (Å²) in [6.07, 6.45) is 7.44. The van der Waals surface area contributed by atoms with Crippen molar-refractivity contribution in [3.05, 3.63) is 94.6 Å². The number of aromatic amines is 1. The molecule has 5 aromatic rings. The van der Waals surface area contributed by atoms with Gasteiger partial charge in [-0.05, 0) is 65.3 Å². The van der Waals surface area contributed by atoms with Gasteiger partial charge in [0.15, 0.2) is 0 Å². The average molecular weight is 484 g/mol. The van der Waals surface area contributed by atoms with E-state index in [1.807, 2.05) is 35.1 Å². The summed E-state index contributed by atoms with van der Waals surface area (Å²) in [5, 5.41) is 15.8. The fourth-order valence-corrected chi connectivity index (χ4v) is 4.99. The molecule has 6 rings (SSSR count). The van der Waals surface area contributed by atoms with E-state index < -0.39 is 0 Å². The number of nitrogens with zero attached hydrogens (tertiary/aromatic N) is 5. The van der Waals surface area contributed by atoms with Crippen LogP contribution in [0.5, 0.6) is 5.75 Å². The van der Waals surface area contributed by atoms with Crippen molar-refractivity contribution in [2.75, 3.05) is 5.73 Å². The first-order valence-electron chi connectivity index (χ1n) is 12.1. The second-order valence-corrected chi connectivity index (χ2v) is 9.31. The van der Waals surface area contributed by atoms with E-state index >= 15 is 0 Å². The van der Waals surface area contributed by atoms with E-state index in [2.05, 4.69) is 43.8 Å². The molecule has 1 unspecified atom stereocenters. The Morgan fingerprint density at radius 2 is 1.94 bits per heavy atom. The number of ether oxygens (including phenoxy) is 1. The Hall–Kier alpha value is -4.27. The Morgan fingerprint density at radius 3 is 2.89 bits per heavy atom. The summed E-state index contributed by atoms with van der Waals surface area (Å²) < 4.78 is 22.2. The second-order valence-electron chi connectivity index (χ2n) is 9.31. The third kappa shape index (κ3) is 4.64. The number of nitrogens with one attached hydrogen (secondary N) is 1. The smallest absolute Gasteiger partial charge is 0.203 e. The summed E-state index contributed by atoms with van der Waals surface area (Å²) in [5.74, 6) is 0.699. The quantitative estimate of drug-likeness (QED) is 0.356. The minimum absolute atomic E-state index is 0.0186. The van der Waals surface area contributed by atoms with Gasteiger partial charge in [0, 0.05) is 18.2 Å². The highest BCUT2D eigenvalue weighted by atomic mass is 19.1. The van der Waals surface area contributed by atoms with Crippen LogP contribution in [0.25, 0.3) is 11.2 Å². The molecule has 0 radical (unpaired) electrons. The van der Waals surface area contributed by atoms with Crippen molar-refractivity contribution in [2.45, 2.75) is 44.8 Å². The highest BCUT2D eigenvalue weighted by Gasteiger charge is 2.22. The zero-order valence-electron chi connectivity index (χ0n) is 19.7. The van der Waals surface area contributed by atoms with Crippen LogP contribution >= 0.6 is 0 Å². The number of benzene rings is 2. The van der Waals surface area contributed by atoms with Crippen molar-refractivity contribution in [2.24, 2.45) is 0 Å². The third-order valence-corrected chi connectivity index (χ3v) is 6.65. The number of nitrogens with two attached hydrogens (primary N) is 1. The number of aromatic nitrogens is 6. The molecule has 36 heavy (non-hydrogen) atoms. The van der Waals surface area contributed by atoms with Gasteiger partial charge in [0.05, 0.1) is 12.7 Å². The first-order chi connectivity index (χ1) is 17.6. The fourth-order valence-electron chi connectivity index (χ4n) is 4.99. The number of fused-ring (bicyclic) bond motifs is 7. The lowest BCUT2D eigenvalue weighted by Crippen LogP contribution is -2.05. The van der Waals surface area contributed by atoms with E-state index in [0.29, 0.717) is 35.9 Å². The molecule has 4 heterocycles. The first-order valence-corrected chi connectivity index (χ1v) is 12.1. The lowest BCUT2D eigenvalue weighted by atomic mass is 9.88. The van der Waals surface area contributed by atoms with Gasteiger partial charge < -0.3 is 10.5 Å². The molecule has 0 saturated carbocycles. The van der Waals surface area contributed by atoms with E-state index in [-0.39, 0.29) is 11.7 Å². The summed E-state index contributed by atoms with van der Waals surface area (Å²) in [6, 6.07) is 15.0. The first kappa shape index (κ1) is 22.2. The van der Waals surface area contributed by atoms with Gasteiger partial charge in [-0.25, -0.2) is 9.37 Å². The average Bonchev–Trinajstić information content (AvgIpc) is 3.51. The minimum Gasteiger partial charge on any atom is -0.489 e.